The van der Waals surface area contributed by atoms with E-state index in [1.54, 1.807) is 0 Å². The van der Waals surface area contributed by atoms with Crippen molar-refractivity contribution in [2.45, 2.75) is 19.0 Å². The molecule has 2 aromatic rings. The Morgan fingerprint density at radius 2 is 1.82 bits per heavy atom. The molecule has 28 heavy (non-hydrogen) atoms. The minimum atomic E-state index is -4.52. The van der Waals surface area contributed by atoms with Crippen LogP contribution in [0.3, 0.4) is 0 Å². The highest BCUT2D eigenvalue weighted by atomic mass is 35.5. The number of carbonyl (C=O) groups is 2. The van der Waals surface area contributed by atoms with E-state index in [0.29, 0.717) is 5.02 Å². The van der Waals surface area contributed by atoms with Gasteiger partial charge in [-0.15, -0.1) is 0 Å². The average molecular weight is 414 g/mol. The Bertz CT molecular complexity index is 901. The van der Waals surface area contributed by atoms with E-state index < -0.39 is 23.6 Å². The van der Waals surface area contributed by atoms with E-state index in [-0.39, 0.29) is 29.8 Å². The van der Waals surface area contributed by atoms with Gasteiger partial charge in [-0.05, 0) is 36.4 Å². The fraction of sp³-hybridized carbons (Fsp3) is 0.167. The van der Waals surface area contributed by atoms with Crippen LogP contribution >= 0.6 is 11.6 Å². The van der Waals surface area contributed by atoms with E-state index in [4.69, 9.17) is 11.6 Å². The van der Waals surface area contributed by atoms with Crippen LogP contribution in [0.2, 0.25) is 5.02 Å². The van der Waals surface area contributed by atoms with Crippen LogP contribution in [0.25, 0.3) is 0 Å². The number of phenolic OH excluding ortho intramolecular Hbond substituents is 1. The molecule has 0 aliphatic rings. The lowest BCUT2D eigenvalue weighted by molar-refractivity contribution is -0.137. The van der Waals surface area contributed by atoms with Gasteiger partial charge in [-0.25, -0.2) is 5.43 Å². The van der Waals surface area contributed by atoms with E-state index in [0.717, 1.165) is 12.1 Å². The van der Waals surface area contributed by atoms with Crippen molar-refractivity contribution < 1.29 is 27.9 Å². The zero-order valence-corrected chi connectivity index (χ0v) is 15.0. The number of carbonyl (C=O) groups excluding carboxylic acids is 2. The van der Waals surface area contributed by atoms with Crippen LogP contribution in [0.1, 0.15) is 24.0 Å². The molecule has 0 bridgehead atoms. The number of nitrogens with zero attached hydrogens (tertiary/aromatic N) is 1. The third kappa shape index (κ3) is 6.58. The Hall–Kier alpha value is -3.07. The number of hydrazone groups is 1. The second-order valence-corrected chi connectivity index (χ2v) is 6.06. The van der Waals surface area contributed by atoms with Gasteiger partial charge in [-0.1, -0.05) is 17.7 Å². The molecular formula is C18H15ClF3N3O3. The molecule has 0 fully saturated rings. The summed E-state index contributed by atoms with van der Waals surface area (Å²) in [6, 6.07) is 8.47. The lowest BCUT2D eigenvalue weighted by Gasteiger charge is -2.09. The fourth-order valence-electron chi connectivity index (χ4n) is 2.08. The number of anilines is 1. The Balaban J connectivity index is 1.82. The molecule has 0 radical (unpaired) electrons. The number of alkyl halides is 3. The molecule has 2 amide bonds. The Kier molecular flexibility index (Phi) is 7.00. The highest BCUT2D eigenvalue weighted by molar-refractivity contribution is 6.30. The highest BCUT2D eigenvalue weighted by Gasteiger charge is 2.30. The minimum Gasteiger partial charge on any atom is -0.507 e. The number of hydrogen-bond donors (Lipinski definition) is 3. The van der Waals surface area contributed by atoms with Crippen molar-refractivity contribution in [1.82, 2.24) is 5.43 Å². The van der Waals surface area contributed by atoms with Crippen LogP contribution in [-0.4, -0.2) is 23.1 Å². The second-order valence-electron chi connectivity index (χ2n) is 5.62. The molecule has 0 heterocycles. The Morgan fingerprint density at radius 3 is 2.54 bits per heavy atom. The van der Waals surface area contributed by atoms with Crippen molar-refractivity contribution in [3.63, 3.8) is 0 Å². The van der Waals surface area contributed by atoms with Crippen molar-refractivity contribution in [1.29, 1.82) is 0 Å². The number of nitrogens with one attached hydrogen (secondary N) is 2. The van der Waals surface area contributed by atoms with Gasteiger partial charge in [-0.3, -0.25) is 9.59 Å². The van der Waals surface area contributed by atoms with Crippen LogP contribution in [0, 0.1) is 0 Å². The van der Waals surface area contributed by atoms with Crippen LogP contribution in [0.5, 0.6) is 5.75 Å². The summed E-state index contributed by atoms with van der Waals surface area (Å²) in [5, 5.41) is 15.9. The molecule has 0 saturated heterocycles. The molecular weight excluding hydrogens is 399 g/mol. The minimum absolute atomic E-state index is 0.0188. The van der Waals surface area contributed by atoms with Crippen LogP contribution in [0.4, 0.5) is 18.9 Å². The zero-order chi connectivity index (χ0) is 20.7. The lowest BCUT2D eigenvalue weighted by Crippen LogP contribution is -2.20. The molecule has 148 valence electrons. The molecule has 10 heteroatoms. The third-order valence-corrected chi connectivity index (χ3v) is 3.67. The van der Waals surface area contributed by atoms with Gasteiger partial charge in [0.15, 0.2) is 0 Å². The molecule has 0 aliphatic carbocycles. The molecule has 3 N–H and O–H groups in total. The van der Waals surface area contributed by atoms with Crippen molar-refractivity contribution in [2.24, 2.45) is 5.10 Å². The molecule has 2 aromatic carbocycles. The summed E-state index contributed by atoms with van der Waals surface area (Å²) in [6.45, 7) is 0. The Labute approximate surface area is 163 Å². The molecule has 0 atom stereocenters. The first kappa shape index (κ1) is 21.2. The quantitative estimate of drug-likeness (QED) is 0.495. The molecule has 2 rings (SSSR count). The molecule has 0 saturated carbocycles. The van der Waals surface area contributed by atoms with Gasteiger partial charge in [-0.2, -0.15) is 18.3 Å². The van der Waals surface area contributed by atoms with Crippen molar-refractivity contribution in [3.05, 3.63) is 58.6 Å². The van der Waals surface area contributed by atoms with E-state index >= 15 is 0 Å². The van der Waals surface area contributed by atoms with Crippen LogP contribution in [0.15, 0.2) is 47.6 Å². The predicted octanol–water partition coefficient (Wildman–Crippen LogP) is 3.93. The number of phenols is 1. The largest absolute Gasteiger partial charge is 0.507 e. The Morgan fingerprint density at radius 1 is 1.11 bits per heavy atom. The summed E-state index contributed by atoms with van der Waals surface area (Å²) in [4.78, 5) is 23.5. The zero-order valence-electron chi connectivity index (χ0n) is 14.3. The van der Waals surface area contributed by atoms with Gasteiger partial charge in [0.25, 0.3) is 0 Å². The van der Waals surface area contributed by atoms with Gasteiger partial charge in [0.1, 0.15) is 5.75 Å². The number of amides is 2. The maximum atomic E-state index is 12.6. The van der Waals surface area contributed by atoms with Gasteiger partial charge in [0.2, 0.25) is 11.8 Å². The van der Waals surface area contributed by atoms with Gasteiger partial charge in [0, 0.05) is 29.1 Å². The normalized spacial score (nSPS) is 11.4. The topological polar surface area (TPSA) is 90.8 Å². The average Bonchev–Trinajstić information content (AvgIpc) is 2.62. The second kappa shape index (κ2) is 9.23. The first-order valence-corrected chi connectivity index (χ1v) is 8.30. The SMILES string of the molecule is O=C(CCC(=O)Nc1cccc(C(F)(F)F)c1)NN=Cc1cc(Cl)ccc1O. The molecule has 6 nitrogen and oxygen atoms in total. The first-order valence-electron chi connectivity index (χ1n) is 7.92. The summed E-state index contributed by atoms with van der Waals surface area (Å²) in [7, 11) is 0. The molecule has 0 spiro atoms. The fourth-order valence-corrected chi connectivity index (χ4v) is 2.26. The number of halogens is 4. The monoisotopic (exact) mass is 413 g/mol. The van der Waals surface area contributed by atoms with E-state index in [2.05, 4.69) is 15.8 Å². The number of benzene rings is 2. The summed E-state index contributed by atoms with van der Waals surface area (Å²) >= 11 is 5.78. The number of rotatable bonds is 6. The van der Waals surface area contributed by atoms with Crippen LogP contribution < -0.4 is 10.7 Å². The number of hydrogen-bond acceptors (Lipinski definition) is 4. The number of aromatic hydroxyl groups is 1. The van der Waals surface area contributed by atoms with Gasteiger partial charge < -0.3 is 10.4 Å². The smallest absolute Gasteiger partial charge is 0.416 e. The van der Waals surface area contributed by atoms with E-state index in [9.17, 15) is 27.9 Å². The standard InChI is InChI=1S/C18H15ClF3N3O3/c19-13-4-5-15(26)11(8-13)10-23-25-17(28)7-6-16(27)24-14-3-1-2-12(9-14)18(20,21)22/h1-5,8-10,26H,6-7H2,(H,24,27)(H,25,28). The summed E-state index contributed by atoms with van der Waals surface area (Å²) < 4.78 is 37.9. The molecule has 0 aliphatic heterocycles. The van der Waals surface area contributed by atoms with Crippen molar-refractivity contribution in [2.75, 3.05) is 5.32 Å². The molecule has 0 aromatic heterocycles. The summed E-state index contributed by atoms with van der Waals surface area (Å²) in [6.07, 6.45) is -3.82. The van der Waals surface area contributed by atoms with Gasteiger partial charge >= 0.3 is 6.18 Å². The third-order valence-electron chi connectivity index (χ3n) is 3.44. The van der Waals surface area contributed by atoms with E-state index in [1.165, 1.54) is 36.5 Å². The van der Waals surface area contributed by atoms with Crippen molar-refractivity contribution >= 4 is 35.3 Å². The maximum absolute atomic E-state index is 12.6. The summed E-state index contributed by atoms with van der Waals surface area (Å²) in [5.41, 5.74) is 1.55. The lowest BCUT2D eigenvalue weighted by atomic mass is 10.2. The van der Waals surface area contributed by atoms with Crippen LogP contribution in [-0.2, 0) is 15.8 Å². The maximum Gasteiger partial charge on any atom is 0.416 e. The van der Waals surface area contributed by atoms with E-state index in [1.807, 2.05) is 0 Å². The summed E-state index contributed by atoms with van der Waals surface area (Å²) in [5.74, 6) is -1.29. The van der Waals surface area contributed by atoms with Crippen molar-refractivity contribution in [3.8, 4) is 5.75 Å². The highest BCUT2D eigenvalue weighted by Crippen LogP contribution is 2.30. The van der Waals surface area contributed by atoms with Gasteiger partial charge in [0.05, 0.1) is 11.8 Å². The molecule has 0 unspecified atom stereocenters. The first-order chi connectivity index (χ1) is 13.1. The predicted molar refractivity (Wildman–Crippen MR) is 98.2 cm³/mol.